The van der Waals surface area contributed by atoms with Crippen LogP contribution in [0.1, 0.15) is 30.4 Å². The number of aromatic nitrogens is 7. The molecule has 8 heteroatoms. The molecule has 5 rings (SSSR count). The highest BCUT2D eigenvalue weighted by Gasteiger charge is 2.29. The summed E-state index contributed by atoms with van der Waals surface area (Å²) in [5, 5.41) is 12.6. The number of nitrogens with zero attached hydrogens (tertiary/aromatic N) is 7. The fourth-order valence-corrected chi connectivity index (χ4v) is 3.05. The molecule has 0 unspecified atom stereocenters. The summed E-state index contributed by atoms with van der Waals surface area (Å²) in [5.41, 5.74) is 0.779. The highest BCUT2D eigenvalue weighted by Crippen LogP contribution is 2.38. The van der Waals surface area contributed by atoms with E-state index in [9.17, 15) is 0 Å². The van der Waals surface area contributed by atoms with Crippen LogP contribution < -0.4 is 4.90 Å². The molecule has 22 heavy (non-hydrogen) atoms. The molecule has 2 aliphatic rings. The predicted molar refractivity (Wildman–Crippen MR) is 79.6 cm³/mol. The molecule has 1 aliphatic heterocycles. The van der Waals surface area contributed by atoms with E-state index in [0.29, 0.717) is 5.92 Å². The molecule has 1 N–H and O–H groups in total. The van der Waals surface area contributed by atoms with Crippen LogP contribution in [-0.4, -0.2) is 48.0 Å². The van der Waals surface area contributed by atoms with Gasteiger partial charge in [-0.25, -0.2) is 19.6 Å². The minimum absolute atomic E-state index is 0.614. The Bertz CT molecular complexity index is 805. The highest BCUT2D eigenvalue weighted by molar-refractivity contribution is 5.86. The lowest BCUT2D eigenvalue weighted by Crippen LogP contribution is -2.28. The van der Waals surface area contributed by atoms with Crippen molar-refractivity contribution in [3.63, 3.8) is 0 Å². The Morgan fingerprint density at radius 3 is 3.00 bits per heavy atom. The zero-order valence-corrected chi connectivity index (χ0v) is 12.1. The Morgan fingerprint density at radius 2 is 2.09 bits per heavy atom. The first-order valence-electron chi connectivity index (χ1n) is 7.71. The van der Waals surface area contributed by atoms with Gasteiger partial charge in [-0.15, -0.1) is 0 Å². The standard InChI is InChI=1S/C14H16N8/c1-2-9(1)12-18-11-3-4-21(5-6-22(11)20-12)14-10-7-17-19-13(10)15-8-16-14/h7-9H,1-6H2,(H,15,16,17,19). The molecule has 3 aromatic rings. The lowest BCUT2D eigenvalue weighted by molar-refractivity contribution is 0.602. The van der Waals surface area contributed by atoms with E-state index in [4.69, 9.17) is 4.98 Å². The SMILES string of the molecule is c1nc(N2CCc3nc(C4CC4)nn3CC2)c2cn[nH]c2n1. The third kappa shape index (κ3) is 1.87. The molecule has 0 aromatic carbocycles. The van der Waals surface area contributed by atoms with Gasteiger partial charge >= 0.3 is 0 Å². The second kappa shape index (κ2) is 4.49. The van der Waals surface area contributed by atoms with Crippen LogP contribution in [0.3, 0.4) is 0 Å². The van der Waals surface area contributed by atoms with E-state index in [1.165, 1.54) is 12.8 Å². The maximum Gasteiger partial charge on any atom is 0.160 e. The first-order valence-corrected chi connectivity index (χ1v) is 7.71. The molecule has 1 fully saturated rings. The van der Waals surface area contributed by atoms with Crippen molar-refractivity contribution in [3.8, 4) is 0 Å². The molecule has 0 spiro atoms. The van der Waals surface area contributed by atoms with Crippen LogP contribution in [-0.2, 0) is 13.0 Å². The lowest BCUT2D eigenvalue weighted by atomic mass is 10.3. The van der Waals surface area contributed by atoms with Gasteiger partial charge in [-0.05, 0) is 12.8 Å². The normalized spacial score (nSPS) is 18.5. The minimum Gasteiger partial charge on any atom is -0.354 e. The molecule has 0 bridgehead atoms. The number of hydrogen-bond donors (Lipinski definition) is 1. The second-order valence-corrected chi connectivity index (χ2v) is 5.95. The van der Waals surface area contributed by atoms with Crippen LogP contribution in [0.2, 0.25) is 0 Å². The molecular formula is C14H16N8. The summed E-state index contributed by atoms with van der Waals surface area (Å²) in [6.07, 6.45) is 6.76. The molecule has 8 nitrogen and oxygen atoms in total. The van der Waals surface area contributed by atoms with Crippen molar-refractivity contribution in [2.24, 2.45) is 0 Å². The molecule has 4 heterocycles. The molecule has 0 atom stereocenters. The monoisotopic (exact) mass is 296 g/mol. The maximum atomic E-state index is 4.73. The number of nitrogens with one attached hydrogen (secondary N) is 1. The second-order valence-electron chi connectivity index (χ2n) is 5.95. The number of hydrogen-bond acceptors (Lipinski definition) is 6. The third-order valence-electron chi connectivity index (χ3n) is 4.42. The number of aromatic amines is 1. The summed E-state index contributed by atoms with van der Waals surface area (Å²) in [7, 11) is 0. The van der Waals surface area contributed by atoms with Crippen molar-refractivity contribution in [2.75, 3.05) is 18.0 Å². The molecule has 0 saturated heterocycles. The Kier molecular flexibility index (Phi) is 2.46. The number of rotatable bonds is 2. The van der Waals surface area contributed by atoms with E-state index in [1.807, 2.05) is 0 Å². The summed E-state index contributed by atoms with van der Waals surface area (Å²) >= 11 is 0. The number of anilines is 1. The van der Waals surface area contributed by atoms with Gasteiger partial charge in [0.05, 0.1) is 18.1 Å². The van der Waals surface area contributed by atoms with Gasteiger partial charge in [0.15, 0.2) is 11.5 Å². The van der Waals surface area contributed by atoms with Gasteiger partial charge in [0.1, 0.15) is 18.0 Å². The van der Waals surface area contributed by atoms with Gasteiger partial charge in [0, 0.05) is 25.4 Å². The van der Waals surface area contributed by atoms with Crippen molar-refractivity contribution in [2.45, 2.75) is 31.7 Å². The third-order valence-corrected chi connectivity index (χ3v) is 4.42. The zero-order valence-electron chi connectivity index (χ0n) is 12.1. The van der Waals surface area contributed by atoms with Crippen molar-refractivity contribution in [3.05, 3.63) is 24.2 Å². The average Bonchev–Trinajstić information content (AvgIpc) is 3.19. The van der Waals surface area contributed by atoms with Crippen LogP contribution in [0.4, 0.5) is 5.82 Å². The minimum atomic E-state index is 0.614. The topological polar surface area (TPSA) is 88.4 Å². The smallest absolute Gasteiger partial charge is 0.160 e. The van der Waals surface area contributed by atoms with Crippen molar-refractivity contribution >= 4 is 16.9 Å². The highest BCUT2D eigenvalue weighted by atomic mass is 15.4. The molecule has 112 valence electrons. The van der Waals surface area contributed by atoms with E-state index < -0.39 is 0 Å². The predicted octanol–water partition coefficient (Wildman–Crippen LogP) is 0.884. The average molecular weight is 296 g/mol. The van der Waals surface area contributed by atoms with Crippen LogP contribution in [0.5, 0.6) is 0 Å². The maximum absolute atomic E-state index is 4.73. The quantitative estimate of drug-likeness (QED) is 0.755. The largest absolute Gasteiger partial charge is 0.354 e. The molecule has 1 saturated carbocycles. The Balaban J connectivity index is 1.44. The van der Waals surface area contributed by atoms with Crippen LogP contribution >= 0.6 is 0 Å². The lowest BCUT2D eigenvalue weighted by Gasteiger charge is -2.21. The zero-order chi connectivity index (χ0) is 14.5. The van der Waals surface area contributed by atoms with E-state index in [2.05, 4.69) is 34.8 Å². The van der Waals surface area contributed by atoms with Crippen molar-refractivity contribution < 1.29 is 0 Å². The molecule has 3 aromatic heterocycles. The van der Waals surface area contributed by atoms with Gasteiger partial charge in [-0.2, -0.15) is 10.2 Å². The Hall–Kier alpha value is -2.51. The molecular weight excluding hydrogens is 280 g/mol. The van der Waals surface area contributed by atoms with Gasteiger partial charge in [-0.3, -0.25) is 5.10 Å². The van der Waals surface area contributed by atoms with E-state index in [-0.39, 0.29) is 0 Å². The summed E-state index contributed by atoms with van der Waals surface area (Å²) < 4.78 is 2.07. The fourth-order valence-electron chi connectivity index (χ4n) is 3.05. The van der Waals surface area contributed by atoms with E-state index >= 15 is 0 Å². The summed E-state index contributed by atoms with van der Waals surface area (Å²) in [6.45, 7) is 2.61. The van der Waals surface area contributed by atoms with Gasteiger partial charge < -0.3 is 4.90 Å². The molecule has 0 radical (unpaired) electrons. The number of fused-ring (bicyclic) bond motifs is 2. The fraction of sp³-hybridized carbons (Fsp3) is 0.500. The van der Waals surface area contributed by atoms with Gasteiger partial charge in [0.2, 0.25) is 0 Å². The molecule has 1 aliphatic carbocycles. The first kappa shape index (κ1) is 12.1. The van der Waals surface area contributed by atoms with Crippen LogP contribution in [0.15, 0.2) is 12.5 Å². The van der Waals surface area contributed by atoms with Crippen molar-refractivity contribution in [1.29, 1.82) is 0 Å². The van der Waals surface area contributed by atoms with E-state index in [0.717, 1.165) is 54.6 Å². The Labute approximate surface area is 126 Å². The summed E-state index contributed by atoms with van der Waals surface area (Å²) in [5.74, 6) is 3.69. The van der Waals surface area contributed by atoms with Crippen LogP contribution in [0, 0.1) is 0 Å². The molecule has 0 amide bonds. The van der Waals surface area contributed by atoms with Gasteiger partial charge in [-0.1, -0.05) is 0 Å². The summed E-state index contributed by atoms with van der Waals surface area (Å²) in [4.78, 5) is 15.7. The summed E-state index contributed by atoms with van der Waals surface area (Å²) in [6, 6.07) is 0. The Morgan fingerprint density at radius 1 is 1.14 bits per heavy atom. The van der Waals surface area contributed by atoms with Crippen LogP contribution in [0.25, 0.3) is 11.0 Å². The van der Waals surface area contributed by atoms with E-state index in [1.54, 1.807) is 12.5 Å². The first-order chi connectivity index (χ1) is 10.9. The number of H-pyrrole nitrogens is 1. The van der Waals surface area contributed by atoms with Crippen molar-refractivity contribution in [1.82, 2.24) is 34.9 Å². The van der Waals surface area contributed by atoms with Gasteiger partial charge in [0.25, 0.3) is 0 Å².